The van der Waals surface area contributed by atoms with Gasteiger partial charge in [-0.1, -0.05) is 43.7 Å². The highest BCUT2D eigenvalue weighted by Crippen LogP contribution is 2.19. The first-order valence-corrected chi connectivity index (χ1v) is 9.88. The summed E-state index contributed by atoms with van der Waals surface area (Å²) in [7, 11) is 0. The highest BCUT2D eigenvalue weighted by Gasteiger charge is 2.23. The van der Waals surface area contributed by atoms with Crippen LogP contribution >= 0.6 is 0 Å². The van der Waals surface area contributed by atoms with Crippen molar-refractivity contribution >= 4 is 0 Å². The van der Waals surface area contributed by atoms with Crippen LogP contribution in [0.2, 0.25) is 0 Å². The van der Waals surface area contributed by atoms with Crippen molar-refractivity contribution in [1.82, 2.24) is 0 Å². The van der Waals surface area contributed by atoms with E-state index in [1.165, 1.54) is 30.4 Å². The third-order valence-electron chi connectivity index (χ3n) is 4.50. The zero-order chi connectivity index (χ0) is 18.9. The molecule has 4 rings (SSSR count). The van der Waals surface area contributed by atoms with E-state index >= 15 is 0 Å². The van der Waals surface area contributed by atoms with Gasteiger partial charge >= 0.3 is 0 Å². The predicted octanol–water partition coefficient (Wildman–Crippen LogP) is 4.58. The molecule has 2 aliphatic rings. The van der Waals surface area contributed by atoms with Crippen molar-refractivity contribution in [2.45, 2.75) is 45.3 Å². The van der Waals surface area contributed by atoms with Crippen LogP contribution in [-0.2, 0) is 15.9 Å². The van der Waals surface area contributed by atoms with Crippen LogP contribution < -0.4 is 9.47 Å². The largest absolute Gasteiger partial charge is 0.491 e. The Hall–Kier alpha value is -2.04. The Morgan fingerprint density at radius 3 is 2.11 bits per heavy atom. The van der Waals surface area contributed by atoms with E-state index in [0.29, 0.717) is 25.4 Å². The van der Waals surface area contributed by atoms with Crippen LogP contribution in [-0.4, -0.2) is 38.6 Å². The van der Waals surface area contributed by atoms with Gasteiger partial charge < -0.3 is 18.9 Å². The number of ether oxygens (including phenoxy) is 4. The number of unbranched alkanes of at least 4 members (excludes halogenated alkanes) is 1. The number of hydrogen-bond acceptors (Lipinski definition) is 4. The van der Waals surface area contributed by atoms with E-state index in [1.807, 2.05) is 43.3 Å². The minimum absolute atomic E-state index is 0.338. The van der Waals surface area contributed by atoms with Gasteiger partial charge in [0.1, 0.15) is 36.9 Å². The van der Waals surface area contributed by atoms with E-state index in [4.69, 9.17) is 18.9 Å². The predicted molar refractivity (Wildman–Crippen MR) is 107 cm³/mol. The Bertz CT molecular complexity index is 675. The molecule has 0 aliphatic carbocycles. The van der Waals surface area contributed by atoms with E-state index in [-0.39, 0.29) is 0 Å². The Kier molecular flexibility index (Phi) is 7.55. The molecule has 0 bridgehead atoms. The van der Waals surface area contributed by atoms with Gasteiger partial charge in [-0.3, -0.25) is 0 Å². The van der Waals surface area contributed by atoms with Crippen LogP contribution in [0, 0.1) is 6.92 Å². The lowest BCUT2D eigenvalue weighted by Gasteiger charge is -2.06. The van der Waals surface area contributed by atoms with E-state index < -0.39 is 0 Å². The van der Waals surface area contributed by atoms with Crippen molar-refractivity contribution in [1.29, 1.82) is 0 Å². The number of hydrogen-bond donors (Lipinski definition) is 0. The van der Waals surface area contributed by atoms with Crippen LogP contribution in [0.1, 0.15) is 30.9 Å². The third kappa shape index (κ3) is 7.61. The van der Waals surface area contributed by atoms with Crippen molar-refractivity contribution in [2.75, 3.05) is 26.4 Å². The average molecular weight is 370 g/mol. The highest BCUT2D eigenvalue weighted by atomic mass is 16.6. The molecule has 146 valence electrons. The highest BCUT2D eigenvalue weighted by molar-refractivity contribution is 5.31. The first kappa shape index (κ1) is 19.7. The Morgan fingerprint density at radius 1 is 0.889 bits per heavy atom. The van der Waals surface area contributed by atoms with Gasteiger partial charge in [0.05, 0.1) is 13.2 Å². The summed E-state index contributed by atoms with van der Waals surface area (Å²) in [4.78, 5) is 0. The number of benzene rings is 2. The molecule has 0 saturated carbocycles. The quantitative estimate of drug-likeness (QED) is 0.606. The second-order valence-corrected chi connectivity index (χ2v) is 7.05. The van der Waals surface area contributed by atoms with E-state index in [9.17, 15) is 0 Å². The van der Waals surface area contributed by atoms with E-state index in [0.717, 1.165) is 24.7 Å². The fraction of sp³-hybridized carbons (Fsp3) is 0.478. The second-order valence-electron chi connectivity index (χ2n) is 7.05. The van der Waals surface area contributed by atoms with Crippen LogP contribution in [0.4, 0.5) is 0 Å². The first-order valence-electron chi connectivity index (χ1n) is 9.88. The van der Waals surface area contributed by atoms with Crippen LogP contribution in [0.25, 0.3) is 0 Å². The van der Waals surface area contributed by atoms with E-state index in [2.05, 4.69) is 19.1 Å². The van der Waals surface area contributed by atoms with Gasteiger partial charge in [0, 0.05) is 0 Å². The Labute approximate surface area is 162 Å². The maximum Gasteiger partial charge on any atom is 0.122 e. The van der Waals surface area contributed by atoms with Gasteiger partial charge in [-0.05, 0) is 49.1 Å². The molecule has 2 saturated heterocycles. The summed E-state index contributed by atoms with van der Waals surface area (Å²) in [5.41, 5.74) is 2.57. The van der Waals surface area contributed by atoms with Gasteiger partial charge in [0.2, 0.25) is 0 Å². The SMILES string of the molecule is CCCCc1ccc(OCC2CO2)cc1.Cc1ccccc1OCC1CO1. The summed E-state index contributed by atoms with van der Waals surface area (Å²) in [6.45, 7) is 7.34. The summed E-state index contributed by atoms with van der Waals surface area (Å²) in [6.07, 6.45) is 4.35. The molecule has 2 heterocycles. The second kappa shape index (κ2) is 10.3. The zero-order valence-corrected chi connectivity index (χ0v) is 16.4. The monoisotopic (exact) mass is 370 g/mol. The van der Waals surface area contributed by atoms with Crippen molar-refractivity contribution in [3.8, 4) is 11.5 Å². The molecule has 2 atom stereocenters. The lowest BCUT2D eigenvalue weighted by Crippen LogP contribution is -2.04. The van der Waals surface area contributed by atoms with Gasteiger partial charge in [-0.25, -0.2) is 0 Å². The summed E-state index contributed by atoms with van der Waals surface area (Å²) < 4.78 is 21.2. The zero-order valence-electron chi connectivity index (χ0n) is 16.4. The normalized spacial score (nSPS) is 19.6. The van der Waals surface area contributed by atoms with Crippen molar-refractivity contribution < 1.29 is 18.9 Å². The lowest BCUT2D eigenvalue weighted by atomic mass is 10.1. The van der Waals surface area contributed by atoms with Crippen molar-refractivity contribution in [2.24, 2.45) is 0 Å². The molecule has 2 aromatic carbocycles. The van der Waals surface area contributed by atoms with Crippen LogP contribution in [0.3, 0.4) is 0 Å². The first-order chi connectivity index (χ1) is 13.2. The molecule has 27 heavy (non-hydrogen) atoms. The molecule has 2 unspecified atom stereocenters. The van der Waals surface area contributed by atoms with Crippen molar-refractivity contribution in [3.63, 3.8) is 0 Å². The molecule has 0 N–H and O–H groups in total. The fourth-order valence-electron chi connectivity index (χ4n) is 2.55. The summed E-state index contributed by atoms with van der Waals surface area (Å²) in [5.74, 6) is 1.92. The molecule has 4 nitrogen and oxygen atoms in total. The molecule has 2 fully saturated rings. The molecule has 0 aromatic heterocycles. The van der Waals surface area contributed by atoms with Crippen LogP contribution in [0.5, 0.6) is 11.5 Å². The Morgan fingerprint density at radius 2 is 1.52 bits per heavy atom. The van der Waals surface area contributed by atoms with Crippen molar-refractivity contribution in [3.05, 3.63) is 59.7 Å². The smallest absolute Gasteiger partial charge is 0.122 e. The standard InChI is InChI=1S/C13H18O2.C10H12O2/c1-2-3-4-11-5-7-12(8-6-11)14-9-13-10-15-13;1-8-4-2-3-5-10(8)12-7-9-6-11-9/h5-8,13H,2-4,9-10H2,1H3;2-5,9H,6-7H2,1H3. The molecular formula is C23H30O4. The van der Waals surface area contributed by atoms with E-state index in [1.54, 1.807) is 0 Å². The molecule has 2 aliphatic heterocycles. The maximum atomic E-state index is 5.56. The summed E-state index contributed by atoms with van der Waals surface area (Å²) in [6, 6.07) is 16.4. The minimum Gasteiger partial charge on any atom is -0.491 e. The molecular weight excluding hydrogens is 340 g/mol. The van der Waals surface area contributed by atoms with Crippen LogP contribution in [0.15, 0.2) is 48.5 Å². The van der Waals surface area contributed by atoms with Gasteiger partial charge in [0.25, 0.3) is 0 Å². The molecule has 2 aromatic rings. The molecule has 4 heteroatoms. The Balaban J connectivity index is 0.000000159. The molecule has 0 radical (unpaired) electrons. The number of rotatable bonds is 9. The van der Waals surface area contributed by atoms with Gasteiger partial charge in [0.15, 0.2) is 0 Å². The van der Waals surface area contributed by atoms with Gasteiger partial charge in [-0.15, -0.1) is 0 Å². The van der Waals surface area contributed by atoms with Gasteiger partial charge in [-0.2, -0.15) is 0 Å². The molecule has 0 spiro atoms. The average Bonchev–Trinajstić information content (AvgIpc) is 3.60. The molecule has 0 amide bonds. The number of aryl methyl sites for hydroxylation is 2. The fourth-order valence-corrected chi connectivity index (χ4v) is 2.55. The third-order valence-corrected chi connectivity index (χ3v) is 4.50. The number of para-hydroxylation sites is 1. The maximum absolute atomic E-state index is 5.56. The lowest BCUT2D eigenvalue weighted by molar-refractivity contribution is 0.262. The summed E-state index contributed by atoms with van der Waals surface area (Å²) in [5, 5.41) is 0. The summed E-state index contributed by atoms with van der Waals surface area (Å²) >= 11 is 0. The minimum atomic E-state index is 0.338. The number of epoxide rings is 2. The topological polar surface area (TPSA) is 43.5 Å².